The van der Waals surface area contributed by atoms with Crippen LogP contribution in [0.3, 0.4) is 0 Å². The van der Waals surface area contributed by atoms with Gasteiger partial charge in [-0.05, 0) is 36.4 Å². The molecule has 0 saturated heterocycles. The number of hydrogen-bond donors (Lipinski definition) is 2. The number of carbonyl (C=O) groups is 2. The maximum absolute atomic E-state index is 12.4. The molecular formula is C19H18ClNO6. The molecule has 142 valence electrons. The first-order valence-corrected chi connectivity index (χ1v) is 8.09. The highest BCUT2D eigenvalue weighted by Crippen LogP contribution is 2.28. The number of amides is 1. The Hall–Kier alpha value is -3.19. The van der Waals surface area contributed by atoms with Gasteiger partial charge in [0, 0.05) is 11.1 Å². The molecule has 1 amide bonds. The van der Waals surface area contributed by atoms with Crippen LogP contribution < -0.4 is 19.5 Å². The number of methoxy groups -OCH3 is 3. The van der Waals surface area contributed by atoms with E-state index in [0.29, 0.717) is 16.5 Å². The van der Waals surface area contributed by atoms with Crippen LogP contribution in [0.25, 0.3) is 0 Å². The predicted molar refractivity (Wildman–Crippen MR) is 101 cm³/mol. The Balaban J connectivity index is 2.25. The quantitative estimate of drug-likeness (QED) is 0.425. The van der Waals surface area contributed by atoms with E-state index in [-0.39, 0.29) is 17.0 Å². The number of aliphatic hydroxyl groups is 1. The summed E-state index contributed by atoms with van der Waals surface area (Å²) in [4.78, 5) is 24.6. The van der Waals surface area contributed by atoms with Crippen molar-refractivity contribution in [3.63, 3.8) is 0 Å². The Kier molecular flexibility index (Phi) is 6.67. The topological polar surface area (TPSA) is 94.1 Å². The van der Waals surface area contributed by atoms with E-state index < -0.39 is 17.4 Å². The Morgan fingerprint density at radius 3 is 2.30 bits per heavy atom. The van der Waals surface area contributed by atoms with E-state index in [1.54, 1.807) is 24.3 Å². The zero-order valence-electron chi connectivity index (χ0n) is 14.9. The first-order valence-electron chi connectivity index (χ1n) is 7.71. The minimum Gasteiger partial charge on any atom is -0.503 e. The van der Waals surface area contributed by atoms with Gasteiger partial charge in [-0.15, -0.1) is 0 Å². The number of nitrogens with one attached hydrogen (secondary N) is 1. The van der Waals surface area contributed by atoms with Crippen molar-refractivity contribution < 1.29 is 28.9 Å². The Bertz CT molecular complexity index is 894. The summed E-state index contributed by atoms with van der Waals surface area (Å²) < 4.78 is 15.3. The SMILES string of the molecule is COc1ccc(OC)c(C(=O)/C=C(\O)C(=O)Nc2cc(Cl)ccc2OC)c1. The number of halogens is 1. The number of rotatable bonds is 7. The molecule has 27 heavy (non-hydrogen) atoms. The van der Waals surface area contributed by atoms with Crippen LogP contribution in [0, 0.1) is 0 Å². The lowest BCUT2D eigenvalue weighted by molar-refractivity contribution is -0.115. The summed E-state index contributed by atoms with van der Waals surface area (Å²) in [7, 11) is 4.28. The Labute approximate surface area is 161 Å². The van der Waals surface area contributed by atoms with Crippen LogP contribution in [0.5, 0.6) is 17.2 Å². The van der Waals surface area contributed by atoms with Gasteiger partial charge in [0.25, 0.3) is 5.91 Å². The number of carbonyl (C=O) groups excluding carboxylic acids is 2. The lowest BCUT2D eigenvalue weighted by Crippen LogP contribution is -2.16. The maximum atomic E-state index is 12.4. The minimum atomic E-state index is -0.897. The monoisotopic (exact) mass is 391 g/mol. The number of ether oxygens (including phenoxy) is 3. The highest BCUT2D eigenvalue weighted by molar-refractivity contribution is 6.31. The third kappa shape index (κ3) is 4.92. The van der Waals surface area contributed by atoms with Gasteiger partial charge in [0.2, 0.25) is 0 Å². The van der Waals surface area contributed by atoms with Gasteiger partial charge >= 0.3 is 0 Å². The number of benzene rings is 2. The lowest BCUT2D eigenvalue weighted by Gasteiger charge is -2.10. The molecule has 8 heteroatoms. The summed E-state index contributed by atoms with van der Waals surface area (Å²) in [5.74, 6) is -1.25. The molecule has 0 bridgehead atoms. The van der Waals surface area contributed by atoms with Crippen LogP contribution in [0.15, 0.2) is 48.2 Å². The summed E-state index contributed by atoms with van der Waals surface area (Å²) in [6, 6.07) is 9.22. The molecule has 0 atom stereocenters. The molecule has 2 rings (SSSR count). The second-order valence-electron chi connectivity index (χ2n) is 5.26. The van der Waals surface area contributed by atoms with Gasteiger partial charge in [0.05, 0.1) is 32.6 Å². The molecule has 0 unspecified atom stereocenters. The molecular weight excluding hydrogens is 374 g/mol. The smallest absolute Gasteiger partial charge is 0.290 e. The first-order chi connectivity index (χ1) is 12.9. The zero-order valence-corrected chi connectivity index (χ0v) is 15.7. The van der Waals surface area contributed by atoms with Gasteiger partial charge in [-0.3, -0.25) is 9.59 Å². The molecule has 0 radical (unpaired) electrons. The van der Waals surface area contributed by atoms with Gasteiger partial charge in [0.1, 0.15) is 17.2 Å². The van der Waals surface area contributed by atoms with Crippen LogP contribution in [-0.2, 0) is 4.79 Å². The zero-order chi connectivity index (χ0) is 20.0. The summed E-state index contributed by atoms with van der Waals surface area (Å²) >= 11 is 5.90. The largest absolute Gasteiger partial charge is 0.503 e. The third-order valence-electron chi connectivity index (χ3n) is 3.58. The van der Waals surface area contributed by atoms with Crippen molar-refractivity contribution in [2.75, 3.05) is 26.6 Å². The number of aliphatic hydroxyl groups excluding tert-OH is 1. The van der Waals surface area contributed by atoms with Crippen molar-refractivity contribution in [1.29, 1.82) is 0 Å². The van der Waals surface area contributed by atoms with Crippen LogP contribution in [-0.4, -0.2) is 38.1 Å². The average molecular weight is 392 g/mol. The fraction of sp³-hybridized carbons (Fsp3) is 0.158. The van der Waals surface area contributed by atoms with Gasteiger partial charge < -0.3 is 24.6 Å². The molecule has 0 aliphatic carbocycles. The van der Waals surface area contributed by atoms with Crippen molar-refractivity contribution in [3.8, 4) is 17.2 Å². The van der Waals surface area contributed by atoms with Crippen molar-refractivity contribution in [3.05, 3.63) is 58.8 Å². The van der Waals surface area contributed by atoms with Crippen LogP contribution >= 0.6 is 11.6 Å². The molecule has 0 aliphatic rings. The summed E-state index contributed by atoms with van der Waals surface area (Å²) in [6.45, 7) is 0. The fourth-order valence-electron chi connectivity index (χ4n) is 2.24. The Morgan fingerprint density at radius 1 is 1.00 bits per heavy atom. The summed E-state index contributed by atoms with van der Waals surface area (Å²) in [6.07, 6.45) is 0.795. The second kappa shape index (κ2) is 8.95. The Morgan fingerprint density at radius 2 is 1.67 bits per heavy atom. The van der Waals surface area contributed by atoms with Gasteiger partial charge in [-0.2, -0.15) is 0 Å². The highest BCUT2D eigenvalue weighted by atomic mass is 35.5. The normalized spacial score (nSPS) is 10.9. The van der Waals surface area contributed by atoms with Crippen molar-refractivity contribution in [2.24, 2.45) is 0 Å². The molecule has 0 spiro atoms. The molecule has 0 heterocycles. The highest BCUT2D eigenvalue weighted by Gasteiger charge is 2.17. The van der Waals surface area contributed by atoms with E-state index in [0.717, 1.165) is 6.08 Å². The van der Waals surface area contributed by atoms with Crippen molar-refractivity contribution in [2.45, 2.75) is 0 Å². The predicted octanol–water partition coefficient (Wildman–Crippen LogP) is 3.63. The molecule has 0 aromatic heterocycles. The molecule has 0 saturated carbocycles. The lowest BCUT2D eigenvalue weighted by atomic mass is 10.1. The number of allylic oxidation sites excluding steroid dienone is 1. The standard InChI is InChI=1S/C19H18ClNO6/c1-25-12-5-7-17(26-2)13(9-12)15(22)10-16(23)19(24)21-14-8-11(20)4-6-18(14)27-3/h4-10,23H,1-3H3,(H,21,24)/b16-10-. The van der Waals surface area contributed by atoms with E-state index in [1.807, 2.05) is 0 Å². The van der Waals surface area contributed by atoms with E-state index >= 15 is 0 Å². The van der Waals surface area contributed by atoms with Crippen LogP contribution in [0.2, 0.25) is 5.02 Å². The van der Waals surface area contributed by atoms with Gasteiger partial charge in [-0.25, -0.2) is 0 Å². The van der Waals surface area contributed by atoms with Crippen LogP contribution in [0.1, 0.15) is 10.4 Å². The number of anilines is 1. The molecule has 0 aliphatic heterocycles. The molecule has 2 aromatic carbocycles. The summed E-state index contributed by atoms with van der Waals surface area (Å²) in [5.41, 5.74) is 0.387. The molecule has 2 aromatic rings. The second-order valence-corrected chi connectivity index (χ2v) is 5.70. The molecule has 0 fully saturated rings. The number of hydrogen-bond acceptors (Lipinski definition) is 6. The maximum Gasteiger partial charge on any atom is 0.290 e. The van der Waals surface area contributed by atoms with Gasteiger partial charge in [-0.1, -0.05) is 11.6 Å². The minimum absolute atomic E-state index is 0.136. The first kappa shape index (κ1) is 20.1. The number of ketones is 1. The van der Waals surface area contributed by atoms with Crippen molar-refractivity contribution >= 4 is 29.0 Å². The molecule has 2 N–H and O–H groups in total. The fourth-order valence-corrected chi connectivity index (χ4v) is 2.41. The van der Waals surface area contributed by atoms with E-state index in [1.165, 1.54) is 33.5 Å². The van der Waals surface area contributed by atoms with E-state index in [4.69, 9.17) is 25.8 Å². The average Bonchev–Trinajstić information content (AvgIpc) is 2.67. The van der Waals surface area contributed by atoms with E-state index in [9.17, 15) is 14.7 Å². The van der Waals surface area contributed by atoms with Gasteiger partial charge in [0.15, 0.2) is 11.5 Å². The van der Waals surface area contributed by atoms with Crippen LogP contribution in [0.4, 0.5) is 5.69 Å². The van der Waals surface area contributed by atoms with Crippen molar-refractivity contribution in [1.82, 2.24) is 0 Å². The molecule has 7 nitrogen and oxygen atoms in total. The van der Waals surface area contributed by atoms with E-state index in [2.05, 4.69) is 5.32 Å². The third-order valence-corrected chi connectivity index (χ3v) is 3.82. The summed E-state index contributed by atoms with van der Waals surface area (Å²) in [5, 5.41) is 12.8.